The van der Waals surface area contributed by atoms with Gasteiger partial charge in [0.05, 0.1) is 23.0 Å². The minimum atomic E-state index is -0.939. The Bertz CT molecular complexity index is 1640. The minimum Gasteiger partial charge on any atom is -0.478 e. The third-order valence-corrected chi connectivity index (χ3v) is 6.85. The number of carbonyl (C=O) groups excluding carboxylic acids is 1. The summed E-state index contributed by atoms with van der Waals surface area (Å²) in [5, 5.41) is 12.6. The number of carbonyl (C=O) groups is 2. The Balaban J connectivity index is 1.45. The van der Waals surface area contributed by atoms with Crippen molar-refractivity contribution < 1.29 is 14.7 Å². The van der Waals surface area contributed by atoms with Gasteiger partial charge in [-0.1, -0.05) is 79.7 Å². The molecule has 0 atom stereocenters. The molecule has 1 amide bonds. The Morgan fingerprint density at radius 2 is 1.62 bits per heavy atom. The molecule has 2 N–H and O–H groups in total. The van der Waals surface area contributed by atoms with Crippen LogP contribution < -0.4 is 5.32 Å². The minimum absolute atomic E-state index is 0.0583. The van der Waals surface area contributed by atoms with Crippen LogP contribution in [0.25, 0.3) is 22.2 Å². The number of anilines is 1. The lowest BCUT2D eigenvalue weighted by Gasteiger charge is -2.12. The zero-order valence-corrected chi connectivity index (χ0v) is 22.1. The number of imidazole rings is 1. The molecule has 39 heavy (non-hydrogen) atoms. The van der Waals surface area contributed by atoms with Gasteiger partial charge in [-0.2, -0.15) is 0 Å². The van der Waals surface area contributed by atoms with Crippen LogP contribution in [-0.4, -0.2) is 26.5 Å². The number of aromatic carboxylic acids is 1. The predicted octanol–water partition coefficient (Wildman–Crippen LogP) is 6.89. The van der Waals surface area contributed by atoms with Gasteiger partial charge in [-0.25, -0.2) is 9.78 Å². The van der Waals surface area contributed by atoms with E-state index in [-0.39, 0.29) is 11.5 Å². The Morgan fingerprint density at radius 1 is 0.897 bits per heavy atom. The predicted molar refractivity (Wildman–Crippen MR) is 155 cm³/mol. The Morgan fingerprint density at radius 3 is 2.33 bits per heavy atom. The van der Waals surface area contributed by atoms with Crippen LogP contribution >= 0.6 is 0 Å². The molecular weight excluding hydrogens is 486 g/mol. The number of aryl methyl sites for hydroxylation is 2. The molecule has 0 aliphatic carbocycles. The van der Waals surface area contributed by atoms with E-state index in [9.17, 15) is 14.7 Å². The van der Waals surface area contributed by atoms with Gasteiger partial charge in [0, 0.05) is 18.7 Å². The number of aromatic nitrogens is 2. The lowest BCUT2D eigenvalue weighted by molar-refractivity contribution is -0.115. The van der Waals surface area contributed by atoms with E-state index in [0.717, 1.165) is 57.6 Å². The molecule has 0 aliphatic rings. The molecule has 6 nitrogen and oxygen atoms in total. The summed E-state index contributed by atoms with van der Waals surface area (Å²) >= 11 is 0. The fourth-order valence-electron chi connectivity index (χ4n) is 4.98. The first-order chi connectivity index (χ1) is 18.9. The number of nitrogens with zero attached hydrogens (tertiary/aromatic N) is 2. The number of nitrogens with one attached hydrogen (secondary N) is 1. The summed E-state index contributed by atoms with van der Waals surface area (Å²) in [7, 11) is 0. The molecule has 5 aromatic rings. The van der Waals surface area contributed by atoms with Crippen LogP contribution in [0.5, 0.6) is 0 Å². The number of benzene rings is 4. The number of rotatable bonds is 9. The van der Waals surface area contributed by atoms with Crippen LogP contribution in [0.15, 0.2) is 91.0 Å². The van der Waals surface area contributed by atoms with Crippen LogP contribution in [0.2, 0.25) is 0 Å². The van der Waals surface area contributed by atoms with Crippen molar-refractivity contribution in [3.8, 4) is 11.1 Å². The Labute approximate surface area is 228 Å². The smallest absolute Gasteiger partial charge is 0.336 e. The van der Waals surface area contributed by atoms with E-state index in [0.29, 0.717) is 18.5 Å². The molecule has 0 radical (unpaired) electrons. The highest BCUT2D eigenvalue weighted by Crippen LogP contribution is 2.28. The molecule has 6 heteroatoms. The van der Waals surface area contributed by atoms with E-state index in [2.05, 4.69) is 16.8 Å². The zero-order valence-electron chi connectivity index (χ0n) is 22.1. The van der Waals surface area contributed by atoms with Crippen LogP contribution in [-0.2, 0) is 24.2 Å². The molecular formula is C33H31N3O3. The van der Waals surface area contributed by atoms with Gasteiger partial charge in [-0.15, -0.1) is 0 Å². The molecule has 0 spiro atoms. The van der Waals surface area contributed by atoms with E-state index < -0.39 is 5.97 Å². The number of fused-ring (bicyclic) bond motifs is 1. The van der Waals surface area contributed by atoms with Crippen LogP contribution in [0.3, 0.4) is 0 Å². The molecule has 0 saturated carbocycles. The maximum Gasteiger partial charge on any atom is 0.336 e. The van der Waals surface area contributed by atoms with Crippen LogP contribution in [0.1, 0.15) is 46.2 Å². The summed E-state index contributed by atoms with van der Waals surface area (Å²) in [5.74, 6) is 0.00601. The highest BCUT2D eigenvalue weighted by molar-refractivity contribution is 5.96. The van der Waals surface area contributed by atoms with E-state index >= 15 is 0 Å². The van der Waals surface area contributed by atoms with Gasteiger partial charge >= 0.3 is 5.97 Å². The second kappa shape index (κ2) is 11.4. The molecule has 1 aromatic heterocycles. The monoisotopic (exact) mass is 517 g/mol. The topological polar surface area (TPSA) is 84.2 Å². The lowest BCUT2D eigenvalue weighted by Crippen LogP contribution is -2.14. The molecule has 0 saturated heterocycles. The largest absolute Gasteiger partial charge is 0.478 e. The van der Waals surface area contributed by atoms with E-state index in [1.807, 2.05) is 85.8 Å². The summed E-state index contributed by atoms with van der Waals surface area (Å²) in [4.78, 5) is 29.4. The van der Waals surface area contributed by atoms with Gasteiger partial charge in [-0.05, 0) is 59.4 Å². The Kier molecular flexibility index (Phi) is 7.55. The number of amides is 1. The maximum absolute atomic E-state index is 12.8. The quantitative estimate of drug-likeness (QED) is 0.223. The standard InChI is InChI=1S/C33H31N3O3/c1-3-9-30-35-32-22(2)18-26(34-31(37)19-23-10-5-4-6-11-23)20-29(32)36(30)21-24-14-16-25(17-15-24)27-12-7-8-13-28(27)33(38)39/h4-8,10-18,20H,3,9,19,21H2,1-2H3,(H,34,37)(H,38,39). The fraction of sp³-hybridized carbons (Fsp3) is 0.182. The molecule has 0 aliphatic heterocycles. The van der Waals surface area contributed by atoms with E-state index in [1.165, 1.54) is 0 Å². The van der Waals surface area contributed by atoms with Gasteiger partial charge < -0.3 is 15.0 Å². The van der Waals surface area contributed by atoms with Crippen molar-refractivity contribution in [2.45, 2.75) is 39.7 Å². The second-order valence-electron chi connectivity index (χ2n) is 9.78. The van der Waals surface area contributed by atoms with E-state index in [4.69, 9.17) is 4.98 Å². The molecule has 196 valence electrons. The van der Waals surface area contributed by atoms with Crippen molar-refractivity contribution >= 4 is 28.6 Å². The summed E-state index contributed by atoms with van der Waals surface area (Å²) < 4.78 is 2.22. The van der Waals surface area contributed by atoms with Gasteiger partial charge in [-0.3, -0.25) is 4.79 Å². The van der Waals surface area contributed by atoms with E-state index in [1.54, 1.807) is 12.1 Å². The van der Waals surface area contributed by atoms with Gasteiger partial charge in [0.1, 0.15) is 5.82 Å². The first-order valence-electron chi connectivity index (χ1n) is 13.2. The second-order valence-corrected chi connectivity index (χ2v) is 9.78. The average Bonchev–Trinajstić information content (AvgIpc) is 3.27. The van der Waals surface area contributed by atoms with Crippen molar-refractivity contribution in [1.29, 1.82) is 0 Å². The highest BCUT2D eigenvalue weighted by atomic mass is 16.4. The summed E-state index contributed by atoms with van der Waals surface area (Å²) in [6, 6.07) is 28.7. The maximum atomic E-state index is 12.8. The van der Waals surface area contributed by atoms with Crippen molar-refractivity contribution in [2.24, 2.45) is 0 Å². The molecule has 0 fully saturated rings. The van der Waals surface area contributed by atoms with Crippen LogP contribution in [0.4, 0.5) is 5.69 Å². The number of hydrogen-bond acceptors (Lipinski definition) is 3. The third kappa shape index (κ3) is 5.75. The lowest BCUT2D eigenvalue weighted by atomic mass is 9.99. The van der Waals surface area contributed by atoms with Crippen molar-refractivity contribution in [2.75, 3.05) is 5.32 Å². The summed E-state index contributed by atoms with van der Waals surface area (Å²) in [6.07, 6.45) is 2.12. The number of carboxylic acids is 1. The number of hydrogen-bond donors (Lipinski definition) is 2. The fourth-order valence-corrected chi connectivity index (χ4v) is 4.98. The van der Waals surface area contributed by atoms with Gasteiger partial charge in [0.2, 0.25) is 5.91 Å². The SMILES string of the molecule is CCCc1nc2c(C)cc(NC(=O)Cc3ccccc3)cc2n1Cc1ccc(-c2ccccc2C(=O)O)cc1. The third-order valence-electron chi connectivity index (χ3n) is 6.85. The van der Waals surface area contributed by atoms with Gasteiger partial charge in [0.25, 0.3) is 0 Å². The molecule has 0 bridgehead atoms. The first kappa shape index (κ1) is 25.9. The average molecular weight is 518 g/mol. The Hall–Kier alpha value is -4.71. The van der Waals surface area contributed by atoms with Crippen LogP contribution in [0, 0.1) is 6.92 Å². The van der Waals surface area contributed by atoms with Gasteiger partial charge in [0.15, 0.2) is 0 Å². The number of carboxylic acid groups (broad SMARTS) is 1. The normalized spacial score (nSPS) is 11.0. The molecule has 5 rings (SSSR count). The van der Waals surface area contributed by atoms with Crippen molar-refractivity contribution in [3.63, 3.8) is 0 Å². The summed E-state index contributed by atoms with van der Waals surface area (Å²) in [5.41, 5.74) is 7.58. The first-order valence-corrected chi connectivity index (χ1v) is 13.2. The highest BCUT2D eigenvalue weighted by Gasteiger charge is 2.16. The molecule has 0 unspecified atom stereocenters. The molecule has 4 aromatic carbocycles. The summed E-state index contributed by atoms with van der Waals surface area (Å²) in [6.45, 7) is 4.78. The zero-order chi connectivity index (χ0) is 27.4. The molecule has 1 heterocycles. The van der Waals surface area contributed by atoms with Crippen molar-refractivity contribution in [3.05, 3.63) is 119 Å². The van der Waals surface area contributed by atoms with Crippen molar-refractivity contribution in [1.82, 2.24) is 9.55 Å².